The third-order valence-corrected chi connectivity index (χ3v) is 1.95. The molecule has 1 unspecified atom stereocenters. The molecule has 0 radical (unpaired) electrons. The van der Waals surface area contributed by atoms with Crippen LogP contribution in [0.4, 0.5) is 0 Å². The minimum atomic E-state index is -0.796. The van der Waals surface area contributed by atoms with E-state index in [4.69, 9.17) is 5.73 Å². The summed E-state index contributed by atoms with van der Waals surface area (Å²) in [4.78, 5) is 22.7. The highest BCUT2D eigenvalue weighted by Crippen LogP contribution is 2.13. The molecule has 0 aliphatic carbocycles. The van der Waals surface area contributed by atoms with Gasteiger partial charge in [-0.2, -0.15) is 0 Å². The van der Waals surface area contributed by atoms with Gasteiger partial charge in [0.25, 0.3) is 0 Å². The van der Waals surface area contributed by atoms with E-state index < -0.39 is 6.04 Å². The lowest BCUT2D eigenvalue weighted by atomic mass is 10.1. The number of hydrogen-bond acceptors (Lipinski definition) is 3. The Morgan fingerprint density at radius 1 is 1.50 bits per heavy atom. The van der Waals surface area contributed by atoms with Crippen molar-refractivity contribution < 1.29 is 9.59 Å². The lowest BCUT2D eigenvalue weighted by Gasteiger charge is -2.06. The van der Waals surface area contributed by atoms with E-state index in [9.17, 15) is 9.59 Å². The number of allylic oxidation sites excluding steroid dienone is 3. The van der Waals surface area contributed by atoms with Crippen molar-refractivity contribution >= 4 is 11.7 Å². The topological polar surface area (TPSA) is 72.2 Å². The minimum Gasteiger partial charge on any atom is -0.324 e. The summed E-state index contributed by atoms with van der Waals surface area (Å²) in [6.45, 7) is 7.07. The van der Waals surface area contributed by atoms with E-state index in [0.717, 1.165) is 0 Å². The first kappa shape index (κ1) is 10.4. The van der Waals surface area contributed by atoms with Gasteiger partial charge < -0.3 is 11.1 Å². The normalized spacial score (nSPS) is 25.9. The van der Waals surface area contributed by atoms with Crippen LogP contribution in [0, 0.1) is 0 Å². The van der Waals surface area contributed by atoms with E-state index >= 15 is 0 Å². The molecule has 0 aromatic carbocycles. The number of carbonyl (C=O) groups is 2. The second kappa shape index (κ2) is 4.02. The molecule has 0 aromatic heterocycles. The van der Waals surface area contributed by atoms with Crippen molar-refractivity contribution in [2.75, 3.05) is 0 Å². The molecule has 3 N–H and O–H groups in total. The molecule has 4 heteroatoms. The molecule has 1 saturated heterocycles. The molecule has 74 valence electrons. The Bertz CT molecular complexity index is 342. The van der Waals surface area contributed by atoms with E-state index in [2.05, 4.69) is 18.5 Å². The van der Waals surface area contributed by atoms with Crippen molar-refractivity contribution in [3.05, 3.63) is 36.6 Å². The number of nitrogens with one attached hydrogen (secondary N) is 1. The number of rotatable bonds is 1. The second-order valence-corrected chi connectivity index (χ2v) is 3.02. The smallest absolute Gasteiger partial charge is 0.241 e. The number of ketones is 1. The molecule has 14 heavy (non-hydrogen) atoms. The zero-order chi connectivity index (χ0) is 10.7. The van der Waals surface area contributed by atoms with Crippen LogP contribution in [0.1, 0.15) is 6.42 Å². The number of amides is 1. The van der Waals surface area contributed by atoms with Crippen LogP contribution >= 0.6 is 0 Å². The van der Waals surface area contributed by atoms with Crippen molar-refractivity contribution in [3.8, 4) is 0 Å². The summed E-state index contributed by atoms with van der Waals surface area (Å²) < 4.78 is 0. The van der Waals surface area contributed by atoms with Gasteiger partial charge in [0.2, 0.25) is 5.91 Å². The number of hydrogen-bond donors (Lipinski definition) is 2. The molecule has 1 fully saturated rings. The van der Waals surface area contributed by atoms with Gasteiger partial charge in [0.1, 0.15) is 0 Å². The van der Waals surface area contributed by atoms with Crippen LogP contribution in [0.3, 0.4) is 0 Å². The molecule has 0 aromatic rings. The maximum absolute atomic E-state index is 11.4. The van der Waals surface area contributed by atoms with E-state index in [-0.39, 0.29) is 23.7 Å². The monoisotopic (exact) mass is 192 g/mol. The van der Waals surface area contributed by atoms with Crippen LogP contribution in [0.5, 0.6) is 0 Å². The molecule has 1 rings (SSSR count). The van der Waals surface area contributed by atoms with Gasteiger partial charge in [-0.15, -0.1) is 0 Å². The van der Waals surface area contributed by atoms with E-state index in [1.807, 2.05) is 0 Å². The molecular formula is C10H12N2O2. The van der Waals surface area contributed by atoms with Crippen molar-refractivity contribution in [1.29, 1.82) is 0 Å². The second-order valence-electron chi connectivity index (χ2n) is 3.02. The number of carbonyl (C=O) groups excluding carboxylic acids is 2. The average Bonchev–Trinajstić information content (AvgIpc) is 2.21. The average molecular weight is 192 g/mol. The Kier molecular flexibility index (Phi) is 2.99. The van der Waals surface area contributed by atoms with Gasteiger partial charge in [0, 0.05) is 12.0 Å². The predicted molar refractivity (Wildman–Crippen MR) is 53.2 cm³/mol. The van der Waals surface area contributed by atoms with E-state index in [0.29, 0.717) is 5.70 Å². The SMILES string of the molecule is C=C/C=C1/NC(=O)C(N)CC(=O)C1=C. The van der Waals surface area contributed by atoms with Gasteiger partial charge >= 0.3 is 0 Å². The zero-order valence-electron chi connectivity index (χ0n) is 7.75. The maximum atomic E-state index is 11.4. The molecule has 1 atom stereocenters. The van der Waals surface area contributed by atoms with Crippen LogP contribution < -0.4 is 11.1 Å². The quantitative estimate of drug-likeness (QED) is 0.576. The van der Waals surface area contributed by atoms with Gasteiger partial charge in [-0.1, -0.05) is 19.2 Å². The molecule has 1 amide bonds. The summed E-state index contributed by atoms with van der Waals surface area (Å²) in [7, 11) is 0. The van der Waals surface area contributed by atoms with Crippen LogP contribution in [-0.2, 0) is 9.59 Å². The number of nitrogens with two attached hydrogens (primary N) is 1. The molecule has 1 aliphatic rings. The first-order chi connectivity index (χ1) is 6.56. The number of Topliss-reactive ketones (excluding diaryl/α,β-unsaturated/α-hetero) is 1. The maximum Gasteiger partial charge on any atom is 0.241 e. The van der Waals surface area contributed by atoms with Crippen LogP contribution in [0.2, 0.25) is 0 Å². The minimum absolute atomic E-state index is 0.000844. The van der Waals surface area contributed by atoms with E-state index in [1.165, 1.54) is 12.2 Å². The van der Waals surface area contributed by atoms with Gasteiger partial charge in [0.15, 0.2) is 5.78 Å². The molecule has 0 spiro atoms. The van der Waals surface area contributed by atoms with Gasteiger partial charge in [-0.3, -0.25) is 9.59 Å². The third-order valence-electron chi connectivity index (χ3n) is 1.95. The molecule has 0 saturated carbocycles. The van der Waals surface area contributed by atoms with Crippen molar-refractivity contribution in [3.63, 3.8) is 0 Å². The summed E-state index contributed by atoms with van der Waals surface area (Å²) >= 11 is 0. The summed E-state index contributed by atoms with van der Waals surface area (Å²) in [6.07, 6.45) is 3.00. The summed E-state index contributed by atoms with van der Waals surface area (Å²) in [5.74, 6) is -0.589. The lowest BCUT2D eigenvalue weighted by Crippen LogP contribution is -2.38. The molecule has 4 nitrogen and oxygen atoms in total. The Morgan fingerprint density at radius 2 is 2.14 bits per heavy atom. The van der Waals surface area contributed by atoms with E-state index in [1.54, 1.807) is 0 Å². The molecular weight excluding hydrogens is 180 g/mol. The fraction of sp³-hybridized carbons (Fsp3) is 0.200. The fourth-order valence-corrected chi connectivity index (χ4v) is 1.13. The standard InChI is InChI=1S/C10H12N2O2/c1-3-4-8-6(2)9(13)5-7(11)10(14)12-8/h3-4,7H,1-2,5,11H2,(H,12,14)/b8-4+. The third kappa shape index (κ3) is 1.97. The van der Waals surface area contributed by atoms with Crippen LogP contribution in [0.25, 0.3) is 0 Å². The first-order valence-corrected chi connectivity index (χ1v) is 4.18. The Labute approximate surface area is 82.2 Å². The highest BCUT2D eigenvalue weighted by molar-refractivity contribution is 6.05. The highest BCUT2D eigenvalue weighted by atomic mass is 16.2. The Hall–Kier alpha value is -1.68. The highest BCUT2D eigenvalue weighted by Gasteiger charge is 2.26. The van der Waals surface area contributed by atoms with Gasteiger partial charge in [-0.05, 0) is 6.08 Å². The van der Waals surface area contributed by atoms with Crippen LogP contribution in [-0.4, -0.2) is 17.7 Å². The fourth-order valence-electron chi connectivity index (χ4n) is 1.13. The van der Waals surface area contributed by atoms with Gasteiger partial charge in [0.05, 0.1) is 11.7 Å². The Morgan fingerprint density at radius 3 is 2.71 bits per heavy atom. The van der Waals surface area contributed by atoms with Crippen molar-refractivity contribution in [2.24, 2.45) is 5.73 Å². The lowest BCUT2D eigenvalue weighted by molar-refractivity contribution is -0.123. The van der Waals surface area contributed by atoms with Crippen LogP contribution in [0.15, 0.2) is 36.6 Å². The largest absolute Gasteiger partial charge is 0.324 e. The summed E-state index contributed by atoms with van der Waals surface area (Å²) in [5, 5.41) is 2.52. The Balaban J connectivity index is 3.04. The molecule has 1 aliphatic heterocycles. The summed E-state index contributed by atoms with van der Waals surface area (Å²) in [5.41, 5.74) is 6.11. The molecule has 0 bridgehead atoms. The van der Waals surface area contributed by atoms with Crippen molar-refractivity contribution in [1.82, 2.24) is 5.32 Å². The predicted octanol–water partition coefficient (Wildman–Crippen LogP) is 0.0288. The van der Waals surface area contributed by atoms with Gasteiger partial charge in [-0.25, -0.2) is 0 Å². The molecule has 1 heterocycles. The first-order valence-electron chi connectivity index (χ1n) is 4.18. The zero-order valence-corrected chi connectivity index (χ0v) is 7.75. The summed E-state index contributed by atoms with van der Waals surface area (Å²) in [6, 6.07) is -0.796. The van der Waals surface area contributed by atoms with Crippen molar-refractivity contribution in [2.45, 2.75) is 12.5 Å².